The van der Waals surface area contributed by atoms with E-state index in [9.17, 15) is 14.3 Å². The number of amides is 1. The van der Waals surface area contributed by atoms with E-state index >= 15 is 0 Å². The molecule has 150 valence electrons. The van der Waals surface area contributed by atoms with Crippen molar-refractivity contribution >= 4 is 16.9 Å². The molecule has 2 aliphatic heterocycles. The lowest BCUT2D eigenvalue weighted by molar-refractivity contribution is -0.0112. The van der Waals surface area contributed by atoms with Gasteiger partial charge < -0.3 is 15.3 Å². The number of hydrogen-bond donors (Lipinski definition) is 3. The average Bonchev–Trinajstić information content (AvgIpc) is 3.08. The van der Waals surface area contributed by atoms with Gasteiger partial charge in [-0.3, -0.25) is 9.89 Å². The van der Waals surface area contributed by atoms with Gasteiger partial charge in [-0.25, -0.2) is 9.37 Å². The second-order valence-corrected chi connectivity index (χ2v) is 8.17. The number of nitrogens with zero attached hydrogens (tertiary/aromatic N) is 3. The van der Waals surface area contributed by atoms with Crippen LogP contribution in [0.2, 0.25) is 0 Å². The number of nitrogens with one attached hydrogen (secondary N) is 2. The molecule has 2 aliphatic rings. The lowest BCUT2D eigenvalue weighted by Crippen LogP contribution is -2.61. The molecule has 0 saturated carbocycles. The standard InChI is InChI=1S/C21H22FN5O2/c1-12-18-14(20(29)27-10-21(11-27)4-6-23-7-5-21)9-16(24-19(18)26-25-12)13-2-3-17(28)15(22)8-13/h2-3,8-9,23,28H,4-7,10-11H2,1H3,(H,24,25,26). The Balaban J connectivity index is 1.53. The van der Waals surface area contributed by atoms with Crippen LogP contribution in [0.3, 0.4) is 0 Å². The van der Waals surface area contributed by atoms with Gasteiger partial charge in [0.15, 0.2) is 17.2 Å². The number of pyridine rings is 1. The summed E-state index contributed by atoms with van der Waals surface area (Å²) in [5.41, 5.74) is 2.91. The van der Waals surface area contributed by atoms with Gasteiger partial charge in [-0.15, -0.1) is 0 Å². The highest BCUT2D eigenvalue weighted by molar-refractivity contribution is 6.07. The molecule has 0 unspecified atom stereocenters. The van der Waals surface area contributed by atoms with E-state index in [2.05, 4.69) is 20.5 Å². The van der Waals surface area contributed by atoms with Crippen molar-refractivity contribution in [3.8, 4) is 17.0 Å². The number of carbonyl (C=O) groups is 1. The van der Waals surface area contributed by atoms with Crippen LogP contribution >= 0.6 is 0 Å². The van der Waals surface area contributed by atoms with Gasteiger partial charge >= 0.3 is 0 Å². The van der Waals surface area contributed by atoms with Crippen LogP contribution in [0, 0.1) is 18.2 Å². The van der Waals surface area contributed by atoms with E-state index in [0.29, 0.717) is 33.5 Å². The van der Waals surface area contributed by atoms with E-state index in [1.165, 1.54) is 12.1 Å². The van der Waals surface area contributed by atoms with E-state index in [0.717, 1.165) is 39.0 Å². The molecule has 2 saturated heterocycles. The monoisotopic (exact) mass is 395 g/mol. The number of aromatic amines is 1. The van der Waals surface area contributed by atoms with Gasteiger partial charge in [-0.2, -0.15) is 5.10 Å². The first-order valence-corrected chi connectivity index (χ1v) is 9.80. The van der Waals surface area contributed by atoms with Crippen LogP contribution in [0.4, 0.5) is 4.39 Å². The zero-order valence-corrected chi connectivity index (χ0v) is 16.1. The number of aromatic nitrogens is 3. The molecule has 1 spiro atoms. The van der Waals surface area contributed by atoms with Crippen LogP contribution in [0.5, 0.6) is 5.75 Å². The van der Waals surface area contributed by atoms with Crippen molar-refractivity contribution < 1.29 is 14.3 Å². The second-order valence-electron chi connectivity index (χ2n) is 8.17. The third-order valence-electron chi connectivity index (χ3n) is 6.19. The minimum atomic E-state index is -0.728. The van der Waals surface area contributed by atoms with Crippen molar-refractivity contribution in [2.45, 2.75) is 19.8 Å². The number of phenolic OH excluding ortho intramolecular Hbond substituents is 1. The van der Waals surface area contributed by atoms with Crippen LogP contribution in [0.15, 0.2) is 24.3 Å². The quantitative estimate of drug-likeness (QED) is 0.620. The number of carbonyl (C=O) groups excluding carboxylic acids is 1. The molecule has 7 nitrogen and oxygen atoms in total. The molecule has 3 N–H and O–H groups in total. The maximum atomic E-state index is 13.9. The second kappa shape index (κ2) is 6.52. The van der Waals surface area contributed by atoms with Gasteiger partial charge in [0.05, 0.1) is 22.3 Å². The van der Waals surface area contributed by atoms with E-state index in [1.54, 1.807) is 12.1 Å². The summed E-state index contributed by atoms with van der Waals surface area (Å²) < 4.78 is 13.9. The van der Waals surface area contributed by atoms with Gasteiger partial charge in [-0.05, 0) is 57.1 Å². The Bertz CT molecular complexity index is 1110. The number of hydrogen-bond acceptors (Lipinski definition) is 5. The molecule has 0 atom stereocenters. The van der Waals surface area contributed by atoms with Crippen LogP contribution in [0.1, 0.15) is 28.9 Å². The Morgan fingerprint density at radius 2 is 2.00 bits per heavy atom. The molecular formula is C21H22FN5O2. The molecule has 0 bridgehead atoms. The zero-order chi connectivity index (χ0) is 20.2. The Kier molecular flexibility index (Phi) is 4.06. The topological polar surface area (TPSA) is 94.1 Å². The van der Waals surface area contributed by atoms with Crippen molar-refractivity contribution in [1.82, 2.24) is 25.4 Å². The maximum absolute atomic E-state index is 13.9. The number of fused-ring (bicyclic) bond motifs is 1. The minimum absolute atomic E-state index is 0.0495. The summed E-state index contributed by atoms with van der Waals surface area (Å²) in [6, 6.07) is 5.78. The fourth-order valence-electron chi connectivity index (χ4n) is 4.52. The van der Waals surface area contributed by atoms with Gasteiger partial charge in [0, 0.05) is 24.1 Å². The molecule has 4 heterocycles. The molecule has 1 aromatic carbocycles. The predicted octanol–water partition coefficient (Wildman–Crippen LogP) is 2.60. The first-order chi connectivity index (χ1) is 14.0. The Labute approximate surface area is 166 Å². The smallest absolute Gasteiger partial charge is 0.254 e. The summed E-state index contributed by atoms with van der Waals surface area (Å²) in [7, 11) is 0. The predicted molar refractivity (Wildman–Crippen MR) is 106 cm³/mol. The van der Waals surface area contributed by atoms with E-state index in [4.69, 9.17) is 0 Å². The van der Waals surface area contributed by atoms with Gasteiger partial charge in [0.1, 0.15) is 0 Å². The third-order valence-corrected chi connectivity index (χ3v) is 6.19. The Morgan fingerprint density at radius 3 is 2.72 bits per heavy atom. The molecule has 0 aliphatic carbocycles. The summed E-state index contributed by atoms with van der Waals surface area (Å²) in [6.07, 6.45) is 2.18. The number of piperidine rings is 1. The Morgan fingerprint density at radius 1 is 1.24 bits per heavy atom. The Hall–Kier alpha value is -3.00. The first-order valence-electron chi connectivity index (χ1n) is 9.80. The highest BCUT2D eigenvalue weighted by atomic mass is 19.1. The summed E-state index contributed by atoms with van der Waals surface area (Å²) >= 11 is 0. The largest absolute Gasteiger partial charge is 0.505 e. The van der Waals surface area contributed by atoms with Crippen LogP contribution < -0.4 is 5.32 Å². The number of halogens is 1. The summed E-state index contributed by atoms with van der Waals surface area (Å²) in [4.78, 5) is 19.8. The van der Waals surface area contributed by atoms with E-state index in [-0.39, 0.29) is 11.3 Å². The zero-order valence-electron chi connectivity index (χ0n) is 16.1. The van der Waals surface area contributed by atoms with E-state index < -0.39 is 11.6 Å². The van der Waals surface area contributed by atoms with Crippen molar-refractivity contribution in [2.75, 3.05) is 26.2 Å². The molecular weight excluding hydrogens is 373 g/mol. The molecule has 0 radical (unpaired) electrons. The highest BCUT2D eigenvalue weighted by Crippen LogP contribution is 2.40. The van der Waals surface area contributed by atoms with Crippen LogP contribution in [-0.2, 0) is 0 Å². The van der Waals surface area contributed by atoms with Crippen LogP contribution in [0.25, 0.3) is 22.3 Å². The number of aromatic hydroxyl groups is 1. The number of aryl methyl sites for hydroxylation is 1. The fraction of sp³-hybridized carbons (Fsp3) is 0.381. The molecule has 29 heavy (non-hydrogen) atoms. The van der Waals surface area contributed by atoms with Crippen LogP contribution in [-0.4, -0.2) is 57.3 Å². The number of H-pyrrole nitrogens is 1. The van der Waals surface area contributed by atoms with E-state index in [1.807, 2.05) is 11.8 Å². The maximum Gasteiger partial charge on any atom is 0.254 e. The number of benzene rings is 1. The molecule has 5 rings (SSSR count). The minimum Gasteiger partial charge on any atom is -0.505 e. The third kappa shape index (κ3) is 2.95. The number of likely N-dealkylation sites (tertiary alicyclic amines) is 1. The SMILES string of the molecule is Cc1n[nH]c2nc(-c3ccc(O)c(F)c3)cc(C(=O)N3CC4(CCNCC4)C3)c12. The van der Waals surface area contributed by atoms with Crippen molar-refractivity contribution in [1.29, 1.82) is 0 Å². The van der Waals surface area contributed by atoms with Crippen molar-refractivity contribution in [3.63, 3.8) is 0 Å². The molecule has 3 aromatic rings. The summed E-state index contributed by atoms with van der Waals surface area (Å²) in [5.74, 6) is -1.20. The highest BCUT2D eigenvalue weighted by Gasteiger charge is 2.45. The molecule has 2 aromatic heterocycles. The first kappa shape index (κ1) is 18.1. The summed E-state index contributed by atoms with van der Waals surface area (Å²) in [6.45, 7) is 5.36. The normalized spacial score (nSPS) is 18.2. The van der Waals surface area contributed by atoms with Crippen molar-refractivity contribution in [3.05, 3.63) is 41.3 Å². The molecule has 2 fully saturated rings. The summed E-state index contributed by atoms with van der Waals surface area (Å²) in [5, 5.41) is 20.6. The van der Waals surface area contributed by atoms with Gasteiger partial charge in [0.2, 0.25) is 0 Å². The lowest BCUT2D eigenvalue weighted by Gasteiger charge is -2.52. The average molecular weight is 395 g/mol. The fourth-order valence-corrected chi connectivity index (χ4v) is 4.52. The van der Waals surface area contributed by atoms with Gasteiger partial charge in [0.25, 0.3) is 5.91 Å². The molecule has 1 amide bonds. The van der Waals surface area contributed by atoms with Crippen molar-refractivity contribution in [2.24, 2.45) is 5.41 Å². The number of phenols is 1. The van der Waals surface area contributed by atoms with Gasteiger partial charge in [-0.1, -0.05) is 0 Å². The number of rotatable bonds is 2. The lowest BCUT2D eigenvalue weighted by atomic mass is 9.72. The molecule has 8 heteroatoms.